The second kappa shape index (κ2) is 8.12. The quantitative estimate of drug-likeness (QED) is 0.649. The molecule has 1 atom stereocenters. The lowest BCUT2D eigenvalue weighted by molar-refractivity contribution is 0.0924. The van der Waals surface area contributed by atoms with Crippen molar-refractivity contribution in [3.8, 4) is 17.1 Å². The summed E-state index contributed by atoms with van der Waals surface area (Å²) in [5.41, 5.74) is 1.27. The molecule has 1 aliphatic rings. The van der Waals surface area contributed by atoms with E-state index in [1.807, 2.05) is 0 Å². The maximum absolute atomic E-state index is 12.9. The van der Waals surface area contributed by atoms with Gasteiger partial charge in [-0.2, -0.15) is 0 Å². The van der Waals surface area contributed by atoms with E-state index in [2.05, 4.69) is 36.2 Å². The molecule has 9 heteroatoms. The first-order chi connectivity index (χ1) is 14.1. The number of aromatic nitrogens is 4. The maximum Gasteiger partial charge on any atom is 0.255 e. The Hall–Kier alpha value is -3.07. The normalized spacial score (nSPS) is 15.4. The van der Waals surface area contributed by atoms with Gasteiger partial charge in [-0.15, -0.1) is 0 Å². The summed E-state index contributed by atoms with van der Waals surface area (Å²) in [5, 5.41) is 3.00. The van der Waals surface area contributed by atoms with E-state index in [1.54, 1.807) is 35.0 Å². The average Bonchev–Trinajstić information content (AvgIpc) is 2.74. The lowest BCUT2D eigenvalue weighted by Gasteiger charge is -2.27. The topological polar surface area (TPSA) is 99.0 Å². The van der Waals surface area contributed by atoms with E-state index in [0.29, 0.717) is 41.5 Å². The standard InChI is InChI=1S/C20H18BrN5O3/c1-29-17-5-4-12(21)9-13(17)20(28)25-15-3-2-8-26-18(27)10-16(24-19(15)26)14-6-7-22-11-23-14/h4-7,9-11,15H,2-3,8H2,1H3,(H,25,28). The van der Waals surface area contributed by atoms with Crippen molar-refractivity contribution in [2.45, 2.75) is 25.4 Å². The highest BCUT2D eigenvalue weighted by molar-refractivity contribution is 9.10. The first-order valence-electron chi connectivity index (χ1n) is 9.09. The van der Waals surface area contributed by atoms with Gasteiger partial charge in [0.15, 0.2) is 0 Å². The van der Waals surface area contributed by atoms with Crippen molar-refractivity contribution in [2.24, 2.45) is 0 Å². The summed E-state index contributed by atoms with van der Waals surface area (Å²) >= 11 is 3.38. The van der Waals surface area contributed by atoms with E-state index in [4.69, 9.17) is 4.74 Å². The molecule has 1 N–H and O–H groups in total. The van der Waals surface area contributed by atoms with E-state index in [9.17, 15) is 9.59 Å². The number of nitrogens with one attached hydrogen (secondary N) is 1. The number of hydrogen-bond acceptors (Lipinski definition) is 6. The zero-order valence-electron chi connectivity index (χ0n) is 15.6. The number of nitrogens with zero attached hydrogens (tertiary/aromatic N) is 4. The van der Waals surface area contributed by atoms with E-state index in [0.717, 1.165) is 10.9 Å². The molecule has 1 aromatic carbocycles. The Morgan fingerprint density at radius 1 is 1.28 bits per heavy atom. The smallest absolute Gasteiger partial charge is 0.255 e. The van der Waals surface area contributed by atoms with Crippen LogP contribution in [0.1, 0.15) is 35.1 Å². The van der Waals surface area contributed by atoms with Crippen LogP contribution in [0.3, 0.4) is 0 Å². The molecule has 0 saturated heterocycles. The Morgan fingerprint density at radius 2 is 2.14 bits per heavy atom. The third-order valence-corrected chi connectivity index (χ3v) is 5.27. The number of hydrogen-bond donors (Lipinski definition) is 1. The number of amides is 1. The summed E-state index contributed by atoms with van der Waals surface area (Å²) < 4.78 is 7.69. The fourth-order valence-electron chi connectivity index (χ4n) is 3.40. The zero-order valence-corrected chi connectivity index (χ0v) is 17.2. The number of carbonyl (C=O) groups excluding carboxylic acids is 1. The van der Waals surface area contributed by atoms with Crippen LogP contribution < -0.4 is 15.6 Å². The molecule has 0 aliphatic carbocycles. The number of fused-ring (bicyclic) bond motifs is 1. The predicted octanol–water partition coefficient (Wildman–Crippen LogP) is 2.74. The molecule has 4 rings (SSSR count). The van der Waals surface area contributed by atoms with Gasteiger partial charge in [0.2, 0.25) is 0 Å². The van der Waals surface area contributed by atoms with Gasteiger partial charge in [-0.1, -0.05) is 15.9 Å². The fraction of sp³-hybridized carbons (Fsp3) is 0.250. The molecule has 2 aromatic heterocycles. The van der Waals surface area contributed by atoms with Crippen LogP contribution in [0.4, 0.5) is 0 Å². The van der Waals surface area contributed by atoms with Crippen molar-refractivity contribution in [2.75, 3.05) is 7.11 Å². The van der Waals surface area contributed by atoms with Crippen LogP contribution in [-0.4, -0.2) is 32.5 Å². The van der Waals surface area contributed by atoms with Crippen molar-refractivity contribution in [3.05, 3.63) is 69.1 Å². The molecule has 148 valence electrons. The SMILES string of the molecule is COc1ccc(Br)cc1C(=O)NC1CCCn2c1nc(-c1ccncn1)cc2=O. The molecular weight excluding hydrogens is 438 g/mol. The average molecular weight is 456 g/mol. The Balaban J connectivity index is 1.70. The second-order valence-electron chi connectivity index (χ2n) is 6.60. The van der Waals surface area contributed by atoms with Gasteiger partial charge in [-0.3, -0.25) is 14.2 Å². The highest BCUT2D eigenvalue weighted by atomic mass is 79.9. The lowest BCUT2D eigenvalue weighted by Crippen LogP contribution is -2.38. The summed E-state index contributed by atoms with van der Waals surface area (Å²) in [6.07, 6.45) is 4.45. The Bertz CT molecular complexity index is 1120. The molecule has 0 bridgehead atoms. The van der Waals surface area contributed by atoms with Crippen LogP contribution in [-0.2, 0) is 6.54 Å². The summed E-state index contributed by atoms with van der Waals surface area (Å²) in [6, 6.07) is 8.00. The summed E-state index contributed by atoms with van der Waals surface area (Å²) in [6.45, 7) is 0.567. The molecule has 0 saturated carbocycles. The Kier molecular flexibility index (Phi) is 5.39. The molecule has 0 spiro atoms. The number of halogens is 1. The van der Waals surface area contributed by atoms with Gasteiger partial charge in [-0.05, 0) is 37.1 Å². The molecule has 3 heterocycles. The van der Waals surface area contributed by atoms with Crippen molar-refractivity contribution in [1.82, 2.24) is 24.8 Å². The van der Waals surface area contributed by atoms with Gasteiger partial charge in [0.1, 0.15) is 17.9 Å². The second-order valence-corrected chi connectivity index (χ2v) is 7.51. The van der Waals surface area contributed by atoms with E-state index >= 15 is 0 Å². The van der Waals surface area contributed by atoms with Gasteiger partial charge in [0, 0.05) is 23.3 Å². The van der Waals surface area contributed by atoms with Crippen molar-refractivity contribution < 1.29 is 9.53 Å². The van der Waals surface area contributed by atoms with E-state index in [-0.39, 0.29) is 11.5 Å². The minimum atomic E-state index is -0.394. The highest BCUT2D eigenvalue weighted by Crippen LogP contribution is 2.27. The number of methoxy groups -OCH3 is 1. The van der Waals surface area contributed by atoms with Gasteiger partial charge in [0.05, 0.1) is 30.1 Å². The molecular formula is C20H18BrN5O3. The number of rotatable bonds is 4. The van der Waals surface area contributed by atoms with Crippen LogP contribution in [0.25, 0.3) is 11.4 Å². The van der Waals surface area contributed by atoms with Crippen LogP contribution in [0.2, 0.25) is 0 Å². The largest absolute Gasteiger partial charge is 0.496 e. The van der Waals surface area contributed by atoms with E-state index in [1.165, 1.54) is 19.5 Å². The van der Waals surface area contributed by atoms with Crippen molar-refractivity contribution in [1.29, 1.82) is 0 Å². The van der Waals surface area contributed by atoms with Crippen LogP contribution in [0.15, 0.2) is 52.1 Å². The third kappa shape index (κ3) is 3.91. The van der Waals surface area contributed by atoms with Crippen molar-refractivity contribution in [3.63, 3.8) is 0 Å². The Morgan fingerprint density at radius 3 is 2.90 bits per heavy atom. The zero-order chi connectivity index (χ0) is 20.4. The highest BCUT2D eigenvalue weighted by Gasteiger charge is 2.26. The van der Waals surface area contributed by atoms with Gasteiger partial charge in [0.25, 0.3) is 11.5 Å². The fourth-order valence-corrected chi connectivity index (χ4v) is 3.76. The summed E-state index contributed by atoms with van der Waals surface area (Å²) in [5.74, 6) is 0.713. The molecule has 8 nitrogen and oxygen atoms in total. The minimum absolute atomic E-state index is 0.164. The molecule has 0 fully saturated rings. The monoisotopic (exact) mass is 455 g/mol. The van der Waals surface area contributed by atoms with Gasteiger partial charge < -0.3 is 10.1 Å². The Labute approximate surface area is 175 Å². The van der Waals surface area contributed by atoms with E-state index < -0.39 is 6.04 Å². The maximum atomic E-state index is 12.9. The molecule has 29 heavy (non-hydrogen) atoms. The minimum Gasteiger partial charge on any atom is -0.496 e. The predicted molar refractivity (Wildman–Crippen MR) is 110 cm³/mol. The van der Waals surface area contributed by atoms with Crippen LogP contribution >= 0.6 is 15.9 Å². The van der Waals surface area contributed by atoms with Crippen molar-refractivity contribution >= 4 is 21.8 Å². The van der Waals surface area contributed by atoms with Gasteiger partial charge >= 0.3 is 0 Å². The van der Waals surface area contributed by atoms with Crippen LogP contribution in [0.5, 0.6) is 5.75 Å². The third-order valence-electron chi connectivity index (χ3n) is 4.78. The summed E-state index contributed by atoms with van der Waals surface area (Å²) in [4.78, 5) is 38.3. The number of benzene rings is 1. The number of ether oxygens (including phenoxy) is 1. The molecule has 1 aliphatic heterocycles. The molecule has 1 unspecified atom stereocenters. The molecule has 3 aromatic rings. The first kappa shape index (κ1) is 19.3. The molecule has 1 amide bonds. The lowest BCUT2D eigenvalue weighted by atomic mass is 10.0. The van der Waals surface area contributed by atoms with Crippen LogP contribution in [0, 0.1) is 0 Å². The number of carbonyl (C=O) groups is 1. The first-order valence-corrected chi connectivity index (χ1v) is 9.88. The summed E-state index contributed by atoms with van der Waals surface area (Å²) in [7, 11) is 1.52. The molecule has 0 radical (unpaired) electrons. The van der Waals surface area contributed by atoms with Gasteiger partial charge in [-0.25, -0.2) is 15.0 Å².